The molecule has 1 fully saturated rings. The monoisotopic (exact) mass is 447 g/mol. The van der Waals surface area contributed by atoms with Gasteiger partial charge in [-0.05, 0) is 73.5 Å². The minimum Gasteiger partial charge on any atom is -0.464 e. The first-order valence-electron chi connectivity index (χ1n) is 11.3. The molecule has 4 heterocycles. The number of benzene rings is 2. The lowest BCUT2D eigenvalue weighted by Gasteiger charge is -2.26. The molecule has 0 bridgehead atoms. The summed E-state index contributed by atoms with van der Waals surface area (Å²) in [4.78, 5) is 6.10. The maximum Gasteiger partial charge on any atom is 0.135 e. The van der Waals surface area contributed by atoms with Gasteiger partial charge in [-0.3, -0.25) is 10.2 Å². The number of rotatable bonds is 4. The quantitative estimate of drug-likeness (QED) is 0.368. The van der Waals surface area contributed by atoms with E-state index in [2.05, 4.69) is 39.5 Å². The van der Waals surface area contributed by atoms with Crippen LogP contribution in [0.2, 0.25) is 5.02 Å². The highest BCUT2D eigenvalue weighted by atomic mass is 35.5. The molecule has 0 radical (unpaired) electrons. The molecule has 0 spiro atoms. The van der Waals surface area contributed by atoms with E-state index in [1.165, 1.54) is 43.3 Å². The molecule has 2 aromatic heterocycles. The Morgan fingerprint density at radius 1 is 1.06 bits per heavy atom. The van der Waals surface area contributed by atoms with Crippen molar-refractivity contribution in [1.29, 1.82) is 0 Å². The predicted molar refractivity (Wildman–Crippen MR) is 127 cm³/mol. The van der Waals surface area contributed by atoms with Crippen LogP contribution < -0.4 is 5.32 Å². The average Bonchev–Trinajstić information content (AvgIpc) is 3.55. The highest BCUT2D eigenvalue weighted by molar-refractivity contribution is 6.34. The number of halogens is 1. The highest BCUT2D eigenvalue weighted by Crippen LogP contribution is 2.43. The molecule has 3 N–H and O–H groups in total. The van der Waals surface area contributed by atoms with Gasteiger partial charge in [-0.2, -0.15) is 0 Å². The summed E-state index contributed by atoms with van der Waals surface area (Å²) >= 11 is 6.74. The Hall–Kier alpha value is -2.57. The van der Waals surface area contributed by atoms with Gasteiger partial charge >= 0.3 is 0 Å². The van der Waals surface area contributed by atoms with Gasteiger partial charge in [0, 0.05) is 46.4 Å². The second kappa shape index (κ2) is 8.09. The number of likely N-dealkylation sites (tertiary alicyclic amines) is 1. The number of aliphatic hydroxyl groups is 1. The van der Waals surface area contributed by atoms with Crippen molar-refractivity contribution in [3.05, 3.63) is 70.4 Å². The number of hydrogen-bond acceptors (Lipinski definition) is 4. The average molecular weight is 448 g/mol. The number of aromatic amines is 1. The lowest BCUT2D eigenvalue weighted by molar-refractivity contribution is 0.152. The Labute approximate surface area is 192 Å². The van der Waals surface area contributed by atoms with E-state index in [9.17, 15) is 5.11 Å². The van der Waals surface area contributed by atoms with Crippen LogP contribution in [0.25, 0.3) is 33.5 Å². The fourth-order valence-corrected chi connectivity index (χ4v) is 5.47. The molecule has 5 nitrogen and oxygen atoms in total. The van der Waals surface area contributed by atoms with Gasteiger partial charge in [0.25, 0.3) is 0 Å². The number of aromatic nitrogens is 1. The summed E-state index contributed by atoms with van der Waals surface area (Å²) in [5.41, 5.74) is 6.94. The van der Waals surface area contributed by atoms with Gasteiger partial charge in [0.05, 0.1) is 11.3 Å². The molecule has 2 aromatic carbocycles. The van der Waals surface area contributed by atoms with Crippen LogP contribution in [0.15, 0.2) is 53.1 Å². The second-order valence-electron chi connectivity index (χ2n) is 8.88. The zero-order valence-corrected chi connectivity index (χ0v) is 18.6. The van der Waals surface area contributed by atoms with Crippen molar-refractivity contribution in [2.75, 3.05) is 13.1 Å². The SMILES string of the molecule is OC1NCc2c(Cl)c(-c3ccco3)cc(-c3cc4cc(CN5CCCCC5)ccc4[nH]3)c21. The number of piperidine rings is 1. The van der Waals surface area contributed by atoms with Gasteiger partial charge in [-0.15, -0.1) is 0 Å². The van der Waals surface area contributed by atoms with Crippen LogP contribution in [-0.4, -0.2) is 28.1 Å². The van der Waals surface area contributed by atoms with Crippen LogP contribution in [0.4, 0.5) is 0 Å². The summed E-state index contributed by atoms with van der Waals surface area (Å²) in [6.07, 6.45) is 4.85. The normalized spacial score (nSPS) is 19.0. The summed E-state index contributed by atoms with van der Waals surface area (Å²) in [6, 6.07) is 14.6. The Bertz CT molecular complexity index is 1270. The fourth-order valence-electron chi connectivity index (χ4n) is 5.15. The number of aliphatic hydroxyl groups excluding tert-OH is 1. The summed E-state index contributed by atoms with van der Waals surface area (Å²) in [6.45, 7) is 3.90. The number of furan rings is 1. The first-order chi connectivity index (χ1) is 15.7. The van der Waals surface area contributed by atoms with Crippen LogP contribution >= 0.6 is 11.6 Å². The Morgan fingerprint density at radius 3 is 2.75 bits per heavy atom. The van der Waals surface area contributed by atoms with E-state index in [-0.39, 0.29) is 0 Å². The molecule has 6 heteroatoms. The third-order valence-corrected chi connectivity index (χ3v) is 7.20. The first-order valence-corrected chi connectivity index (χ1v) is 11.7. The largest absolute Gasteiger partial charge is 0.464 e. The highest BCUT2D eigenvalue weighted by Gasteiger charge is 2.29. The van der Waals surface area contributed by atoms with E-state index < -0.39 is 6.23 Å². The topological polar surface area (TPSA) is 64.4 Å². The molecule has 164 valence electrons. The van der Waals surface area contributed by atoms with Gasteiger partial charge in [0.15, 0.2) is 0 Å². The molecule has 4 aromatic rings. The number of H-pyrrole nitrogens is 1. The van der Waals surface area contributed by atoms with Gasteiger partial charge in [0.2, 0.25) is 0 Å². The standard InChI is InChI=1S/C26H26ClN3O2/c27-25-19(23-5-4-10-32-23)13-18(24-20(25)14-28-26(24)31)22-12-17-11-16(6-7-21(17)29-22)15-30-8-2-1-3-9-30/h4-7,10-13,26,28-29,31H,1-3,8-9,14-15H2. The van der Waals surface area contributed by atoms with E-state index >= 15 is 0 Å². The molecule has 2 aliphatic heterocycles. The van der Waals surface area contributed by atoms with Crippen LogP contribution in [-0.2, 0) is 13.1 Å². The zero-order valence-electron chi connectivity index (χ0n) is 17.8. The predicted octanol–water partition coefficient (Wildman–Crippen LogP) is 5.83. The van der Waals surface area contributed by atoms with Crippen LogP contribution in [0, 0.1) is 0 Å². The van der Waals surface area contributed by atoms with Crippen molar-refractivity contribution in [2.24, 2.45) is 0 Å². The van der Waals surface area contributed by atoms with E-state index in [1.807, 2.05) is 18.2 Å². The minimum absolute atomic E-state index is 0.525. The van der Waals surface area contributed by atoms with E-state index in [4.69, 9.17) is 16.0 Å². The lowest BCUT2D eigenvalue weighted by atomic mass is 9.95. The molecule has 0 saturated carbocycles. The molecular formula is C26H26ClN3O2. The molecule has 1 saturated heterocycles. The molecule has 0 aliphatic carbocycles. The first kappa shape index (κ1) is 20.1. The Balaban J connectivity index is 1.43. The van der Waals surface area contributed by atoms with Crippen molar-refractivity contribution in [3.63, 3.8) is 0 Å². The van der Waals surface area contributed by atoms with Crippen LogP contribution in [0.3, 0.4) is 0 Å². The van der Waals surface area contributed by atoms with Crippen molar-refractivity contribution in [2.45, 2.75) is 38.6 Å². The third-order valence-electron chi connectivity index (χ3n) is 6.77. The van der Waals surface area contributed by atoms with Crippen LogP contribution in [0.1, 0.15) is 42.2 Å². The van der Waals surface area contributed by atoms with Crippen molar-refractivity contribution in [1.82, 2.24) is 15.2 Å². The maximum atomic E-state index is 10.7. The van der Waals surface area contributed by atoms with Crippen molar-refractivity contribution >= 4 is 22.5 Å². The number of fused-ring (bicyclic) bond motifs is 2. The molecule has 32 heavy (non-hydrogen) atoms. The Morgan fingerprint density at radius 2 is 1.94 bits per heavy atom. The zero-order chi connectivity index (χ0) is 21.7. The van der Waals surface area contributed by atoms with Gasteiger partial charge in [-0.1, -0.05) is 24.1 Å². The molecule has 0 amide bonds. The van der Waals surface area contributed by atoms with Crippen LogP contribution in [0.5, 0.6) is 0 Å². The summed E-state index contributed by atoms with van der Waals surface area (Å²) in [5.74, 6) is 0.723. The number of nitrogens with zero attached hydrogens (tertiary/aromatic N) is 1. The number of hydrogen-bond donors (Lipinski definition) is 3. The summed E-state index contributed by atoms with van der Waals surface area (Å²) in [5, 5.41) is 15.6. The second-order valence-corrected chi connectivity index (χ2v) is 9.26. The van der Waals surface area contributed by atoms with E-state index in [0.717, 1.165) is 45.8 Å². The third kappa shape index (κ3) is 3.46. The van der Waals surface area contributed by atoms with Crippen molar-refractivity contribution < 1.29 is 9.52 Å². The summed E-state index contributed by atoms with van der Waals surface area (Å²) < 4.78 is 5.64. The minimum atomic E-state index is -0.746. The molecule has 6 rings (SSSR count). The van der Waals surface area contributed by atoms with Gasteiger partial charge < -0.3 is 14.5 Å². The molecule has 1 atom stereocenters. The lowest BCUT2D eigenvalue weighted by Crippen LogP contribution is -2.28. The fraction of sp³-hybridized carbons (Fsp3) is 0.308. The maximum absolute atomic E-state index is 10.7. The molecule has 1 unspecified atom stereocenters. The van der Waals surface area contributed by atoms with Gasteiger partial charge in [-0.25, -0.2) is 0 Å². The van der Waals surface area contributed by atoms with E-state index in [1.54, 1.807) is 6.26 Å². The molecular weight excluding hydrogens is 422 g/mol. The molecule has 2 aliphatic rings. The smallest absolute Gasteiger partial charge is 0.135 e. The number of nitrogens with one attached hydrogen (secondary N) is 2. The van der Waals surface area contributed by atoms with Crippen molar-refractivity contribution in [3.8, 4) is 22.6 Å². The van der Waals surface area contributed by atoms with E-state index in [0.29, 0.717) is 11.6 Å². The summed E-state index contributed by atoms with van der Waals surface area (Å²) in [7, 11) is 0. The van der Waals surface area contributed by atoms with Gasteiger partial charge in [0.1, 0.15) is 12.0 Å². The Kier molecular flexibility index (Phi) is 5.07.